The van der Waals surface area contributed by atoms with Gasteiger partial charge in [-0.15, -0.1) is 10.2 Å². The molecule has 7 nitrogen and oxygen atoms in total. The zero-order valence-electron chi connectivity index (χ0n) is 13.5. The second-order valence-electron chi connectivity index (χ2n) is 6.00. The lowest BCUT2D eigenvalue weighted by Gasteiger charge is -2.35. The molecule has 0 spiro atoms. The molecule has 0 N–H and O–H groups in total. The van der Waals surface area contributed by atoms with Crippen molar-refractivity contribution in [2.45, 2.75) is 25.6 Å². The van der Waals surface area contributed by atoms with Crippen LogP contribution in [0.4, 0.5) is 0 Å². The zero-order valence-corrected chi connectivity index (χ0v) is 13.5. The molecule has 0 saturated carbocycles. The number of aromatic nitrogens is 2. The Labute approximate surface area is 139 Å². The maximum absolute atomic E-state index is 13.0. The number of morpholine rings is 1. The molecule has 126 valence electrons. The average Bonchev–Trinajstić information content (AvgIpc) is 3.07. The SMILES string of the molecule is Cc1nnc(C2CN(C(=O)C3OCCc4ccccc43)CCO2)o1. The van der Waals surface area contributed by atoms with Gasteiger partial charge in [-0.25, -0.2) is 0 Å². The molecule has 2 aliphatic heterocycles. The molecule has 1 aromatic heterocycles. The van der Waals surface area contributed by atoms with Gasteiger partial charge in [0.1, 0.15) is 0 Å². The Kier molecular flexibility index (Phi) is 4.03. The lowest BCUT2D eigenvalue weighted by Crippen LogP contribution is -2.45. The van der Waals surface area contributed by atoms with Crippen LogP contribution in [0.1, 0.15) is 35.1 Å². The van der Waals surface area contributed by atoms with Gasteiger partial charge in [-0.3, -0.25) is 4.79 Å². The number of fused-ring (bicyclic) bond motifs is 1. The number of carbonyl (C=O) groups excluding carboxylic acids is 1. The van der Waals surface area contributed by atoms with E-state index >= 15 is 0 Å². The van der Waals surface area contributed by atoms with Crippen LogP contribution in [0.5, 0.6) is 0 Å². The van der Waals surface area contributed by atoms with Gasteiger partial charge in [0.25, 0.3) is 5.91 Å². The molecule has 7 heteroatoms. The van der Waals surface area contributed by atoms with Crippen LogP contribution in [0, 0.1) is 6.92 Å². The predicted molar refractivity (Wildman–Crippen MR) is 83.1 cm³/mol. The average molecular weight is 329 g/mol. The Morgan fingerprint density at radius 3 is 2.92 bits per heavy atom. The van der Waals surface area contributed by atoms with Crippen LogP contribution in [0.25, 0.3) is 0 Å². The van der Waals surface area contributed by atoms with Gasteiger partial charge in [0.05, 0.1) is 19.8 Å². The van der Waals surface area contributed by atoms with Crippen LogP contribution >= 0.6 is 0 Å². The van der Waals surface area contributed by atoms with Crippen molar-refractivity contribution in [2.75, 3.05) is 26.3 Å². The first-order chi connectivity index (χ1) is 11.7. The standard InChI is InChI=1S/C17H19N3O4/c1-11-18-19-16(24-11)14-10-20(7-9-22-14)17(21)15-13-5-3-2-4-12(13)6-8-23-15/h2-5,14-15H,6-10H2,1H3. The molecule has 2 aliphatic rings. The number of nitrogens with zero attached hydrogens (tertiary/aromatic N) is 3. The predicted octanol–water partition coefficient (Wildman–Crippen LogP) is 1.59. The normalized spacial score (nSPS) is 23.8. The minimum atomic E-state index is -0.543. The van der Waals surface area contributed by atoms with Crippen molar-refractivity contribution in [1.82, 2.24) is 15.1 Å². The summed E-state index contributed by atoms with van der Waals surface area (Å²) in [6.45, 7) is 3.65. The van der Waals surface area contributed by atoms with E-state index in [1.807, 2.05) is 18.2 Å². The number of carbonyl (C=O) groups is 1. The smallest absolute Gasteiger partial charge is 0.256 e. The van der Waals surface area contributed by atoms with Gasteiger partial charge >= 0.3 is 0 Å². The summed E-state index contributed by atoms with van der Waals surface area (Å²) in [6.07, 6.45) is -0.0895. The Morgan fingerprint density at radius 1 is 1.21 bits per heavy atom. The molecule has 0 aliphatic carbocycles. The minimum Gasteiger partial charge on any atom is -0.423 e. The van der Waals surface area contributed by atoms with Crippen molar-refractivity contribution in [1.29, 1.82) is 0 Å². The summed E-state index contributed by atoms with van der Waals surface area (Å²) < 4.78 is 16.9. The monoisotopic (exact) mass is 329 g/mol. The molecule has 24 heavy (non-hydrogen) atoms. The summed E-state index contributed by atoms with van der Waals surface area (Å²) in [7, 11) is 0. The van der Waals surface area contributed by atoms with Crippen molar-refractivity contribution in [2.24, 2.45) is 0 Å². The quantitative estimate of drug-likeness (QED) is 0.833. The number of aryl methyl sites for hydroxylation is 1. The van der Waals surface area contributed by atoms with E-state index in [1.54, 1.807) is 11.8 Å². The number of hydrogen-bond donors (Lipinski definition) is 0. The van der Waals surface area contributed by atoms with E-state index in [-0.39, 0.29) is 12.0 Å². The molecule has 2 atom stereocenters. The van der Waals surface area contributed by atoms with E-state index in [4.69, 9.17) is 13.9 Å². The molecule has 0 radical (unpaired) electrons. The van der Waals surface area contributed by atoms with E-state index < -0.39 is 6.10 Å². The molecule has 2 aromatic rings. The lowest BCUT2D eigenvalue weighted by atomic mass is 9.96. The summed E-state index contributed by atoms with van der Waals surface area (Å²) in [4.78, 5) is 14.7. The first-order valence-electron chi connectivity index (χ1n) is 8.12. The fraction of sp³-hybridized carbons (Fsp3) is 0.471. The number of amides is 1. The van der Waals surface area contributed by atoms with E-state index in [2.05, 4.69) is 16.3 Å². The highest BCUT2D eigenvalue weighted by Crippen LogP contribution is 2.30. The van der Waals surface area contributed by atoms with Crippen LogP contribution in [-0.4, -0.2) is 47.3 Å². The van der Waals surface area contributed by atoms with Crippen molar-refractivity contribution in [3.05, 3.63) is 47.2 Å². The van der Waals surface area contributed by atoms with E-state index in [9.17, 15) is 4.79 Å². The Balaban J connectivity index is 1.52. The fourth-order valence-corrected chi connectivity index (χ4v) is 3.21. The van der Waals surface area contributed by atoms with E-state index in [0.29, 0.717) is 38.1 Å². The highest BCUT2D eigenvalue weighted by molar-refractivity contribution is 5.83. The number of rotatable bonds is 2. The molecule has 1 fully saturated rings. The molecule has 3 heterocycles. The van der Waals surface area contributed by atoms with Gasteiger partial charge in [0, 0.05) is 13.5 Å². The van der Waals surface area contributed by atoms with Gasteiger partial charge in [0.2, 0.25) is 11.8 Å². The topological polar surface area (TPSA) is 77.7 Å². The van der Waals surface area contributed by atoms with Crippen molar-refractivity contribution in [3.8, 4) is 0 Å². The second-order valence-corrected chi connectivity index (χ2v) is 6.00. The third-order valence-electron chi connectivity index (χ3n) is 4.41. The van der Waals surface area contributed by atoms with Crippen molar-refractivity contribution in [3.63, 3.8) is 0 Å². The summed E-state index contributed by atoms with van der Waals surface area (Å²) in [6, 6.07) is 7.96. The molecule has 1 amide bonds. The number of hydrogen-bond acceptors (Lipinski definition) is 6. The summed E-state index contributed by atoms with van der Waals surface area (Å²) in [5, 5.41) is 7.83. The number of ether oxygens (including phenoxy) is 2. The van der Waals surface area contributed by atoms with E-state index in [1.165, 1.54) is 5.56 Å². The molecule has 0 bridgehead atoms. The zero-order chi connectivity index (χ0) is 16.5. The van der Waals surface area contributed by atoms with Crippen LogP contribution in [-0.2, 0) is 20.7 Å². The van der Waals surface area contributed by atoms with Gasteiger partial charge < -0.3 is 18.8 Å². The first kappa shape index (κ1) is 15.3. The van der Waals surface area contributed by atoms with Crippen LogP contribution in [0.15, 0.2) is 28.7 Å². The fourth-order valence-electron chi connectivity index (χ4n) is 3.21. The van der Waals surface area contributed by atoms with Crippen LogP contribution in [0.3, 0.4) is 0 Å². The Morgan fingerprint density at radius 2 is 2.08 bits per heavy atom. The third kappa shape index (κ3) is 2.81. The molecule has 2 unspecified atom stereocenters. The molecular formula is C17H19N3O4. The van der Waals surface area contributed by atoms with Crippen molar-refractivity contribution < 1.29 is 18.7 Å². The van der Waals surface area contributed by atoms with Gasteiger partial charge in [-0.1, -0.05) is 24.3 Å². The molecule has 1 saturated heterocycles. The van der Waals surface area contributed by atoms with Gasteiger partial charge in [0.15, 0.2) is 12.2 Å². The lowest BCUT2D eigenvalue weighted by molar-refractivity contribution is -0.153. The third-order valence-corrected chi connectivity index (χ3v) is 4.41. The van der Waals surface area contributed by atoms with Gasteiger partial charge in [-0.05, 0) is 17.5 Å². The van der Waals surface area contributed by atoms with Gasteiger partial charge in [-0.2, -0.15) is 0 Å². The van der Waals surface area contributed by atoms with Crippen LogP contribution in [0.2, 0.25) is 0 Å². The van der Waals surface area contributed by atoms with Crippen molar-refractivity contribution >= 4 is 5.91 Å². The largest absolute Gasteiger partial charge is 0.423 e. The molecule has 4 rings (SSSR count). The maximum atomic E-state index is 13.0. The summed E-state index contributed by atoms with van der Waals surface area (Å²) >= 11 is 0. The summed E-state index contributed by atoms with van der Waals surface area (Å²) in [5.41, 5.74) is 2.14. The number of benzene rings is 1. The molecular weight excluding hydrogens is 310 g/mol. The Bertz CT molecular complexity index is 745. The highest BCUT2D eigenvalue weighted by Gasteiger charge is 2.35. The summed E-state index contributed by atoms with van der Waals surface area (Å²) in [5.74, 6) is 0.864. The Hall–Kier alpha value is -2.25. The maximum Gasteiger partial charge on any atom is 0.256 e. The minimum absolute atomic E-state index is 0.0355. The second kappa shape index (κ2) is 6.33. The highest BCUT2D eigenvalue weighted by atomic mass is 16.5. The van der Waals surface area contributed by atoms with Crippen LogP contribution < -0.4 is 0 Å². The molecule has 1 aromatic carbocycles. The van der Waals surface area contributed by atoms with E-state index in [0.717, 1.165) is 12.0 Å². The first-order valence-corrected chi connectivity index (χ1v) is 8.12.